The molecule has 1 fully saturated rings. The third-order valence-corrected chi connectivity index (χ3v) is 7.51. The van der Waals surface area contributed by atoms with E-state index in [1.807, 2.05) is 28.8 Å². The van der Waals surface area contributed by atoms with Gasteiger partial charge in [0.05, 0.1) is 22.3 Å². The Labute approximate surface area is 183 Å². The minimum Gasteiger partial charge on any atom is -0.310 e. The summed E-state index contributed by atoms with van der Waals surface area (Å²) in [6.07, 6.45) is 3.96. The van der Waals surface area contributed by atoms with Gasteiger partial charge in [-0.05, 0) is 49.1 Å². The summed E-state index contributed by atoms with van der Waals surface area (Å²) in [4.78, 5) is 17.5. The highest BCUT2D eigenvalue weighted by Gasteiger charge is 2.25. The molecular formula is C23H28N4O3S. The predicted molar refractivity (Wildman–Crippen MR) is 121 cm³/mol. The lowest BCUT2D eigenvalue weighted by Gasteiger charge is -2.25. The molecule has 7 nitrogen and oxygen atoms in total. The number of imidazole rings is 1. The zero-order valence-corrected chi connectivity index (χ0v) is 18.6. The van der Waals surface area contributed by atoms with Gasteiger partial charge in [0.15, 0.2) is 0 Å². The number of nitrogens with zero attached hydrogens (tertiary/aromatic N) is 3. The number of carbonyl (C=O) groups is 1. The summed E-state index contributed by atoms with van der Waals surface area (Å²) in [6.45, 7) is 4.00. The average molecular weight is 441 g/mol. The van der Waals surface area contributed by atoms with E-state index < -0.39 is 10.0 Å². The minimum atomic E-state index is -3.46. The molecule has 4 rings (SSSR count). The number of sulfonamides is 1. The molecule has 0 unspecified atom stereocenters. The number of fused-ring (bicyclic) bond motifs is 1. The normalized spacial score (nSPS) is 15.3. The Hall–Kier alpha value is -2.71. The summed E-state index contributed by atoms with van der Waals surface area (Å²) in [6, 6.07) is 14.4. The number of para-hydroxylation sites is 2. The van der Waals surface area contributed by atoms with E-state index in [1.54, 1.807) is 28.6 Å². The van der Waals surface area contributed by atoms with E-state index in [-0.39, 0.29) is 17.2 Å². The van der Waals surface area contributed by atoms with Crippen molar-refractivity contribution in [2.45, 2.75) is 50.5 Å². The van der Waals surface area contributed by atoms with Crippen molar-refractivity contribution in [3.63, 3.8) is 0 Å². The number of nitrogens with one attached hydrogen (secondary N) is 1. The van der Waals surface area contributed by atoms with Gasteiger partial charge in [-0.1, -0.05) is 37.6 Å². The predicted octanol–water partition coefficient (Wildman–Crippen LogP) is 3.80. The summed E-state index contributed by atoms with van der Waals surface area (Å²) in [5.74, 6) is 0.358. The van der Waals surface area contributed by atoms with Crippen LogP contribution in [0.1, 0.15) is 38.2 Å². The van der Waals surface area contributed by atoms with Gasteiger partial charge in [0.1, 0.15) is 0 Å². The number of carbonyl (C=O) groups excluding carboxylic acids is 1. The molecule has 0 bridgehead atoms. The van der Waals surface area contributed by atoms with Gasteiger partial charge in [-0.25, -0.2) is 13.4 Å². The number of aryl methyl sites for hydroxylation is 1. The molecule has 31 heavy (non-hydrogen) atoms. The van der Waals surface area contributed by atoms with Crippen LogP contribution in [0.15, 0.2) is 53.4 Å². The van der Waals surface area contributed by atoms with Crippen LogP contribution in [0, 0.1) is 0 Å². The van der Waals surface area contributed by atoms with E-state index in [0.717, 1.165) is 48.8 Å². The largest absolute Gasteiger partial charge is 0.310 e. The second kappa shape index (κ2) is 9.20. The van der Waals surface area contributed by atoms with E-state index in [1.165, 1.54) is 0 Å². The lowest BCUT2D eigenvalue weighted by Crippen LogP contribution is -2.35. The Bertz CT molecular complexity index is 1160. The molecular weight excluding hydrogens is 412 g/mol. The second-order valence-electron chi connectivity index (χ2n) is 7.91. The van der Waals surface area contributed by atoms with Crippen molar-refractivity contribution in [2.75, 3.05) is 18.4 Å². The van der Waals surface area contributed by atoms with E-state index in [9.17, 15) is 13.2 Å². The Morgan fingerprint density at radius 1 is 1.03 bits per heavy atom. The summed E-state index contributed by atoms with van der Waals surface area (Å²) in [5.41, 5.74) is 2.60. The van der Waals surface area contributed by atoms with Crippen LogP contribution in [-0.4, -0.2) is 41.3 Å². The van der Waals surface area contributed by atoms with Crippen molar-refractivity contribution in [3.8, 4) is 0 Å². The number of hydrogen-bond acceptors (Lipinski definition) is 4. The Morgan fingerprint density at radius 3 is 2.45 bits per heavy atom. The molecule has 1 aliphatic rings. The third-order valence-electron chi connectivity index (χ3n) is 5.59. The molecule has 1 amide bonds. The highest BCUT2D eigenvalue weighted by molar-refractivity contribution is 7.89. The van der Waals surface area contributed by atoms with E-state index in [0.29, 0.717) is 19.0 Å². The van der Waals surface area contributed by atoms with Crippen LogP contribution in [0.5, 0.6) is 0 Å². The molecule has 2 aromatic carbocycles. The number of amides is 1. The monoisotopic (exact) mass is 440 g/mol. The Kier molecular flexibility index (Phi) is 6.38. The quantitative estimate of drug-likeness (QED) is 0.606. The molecule has 3 aromatic rings. The number of hydrogen-bond donors (Lipinski definition) is 1. The molecule has 0 spiro atoms. The van der Waals surface area contributed by atoms with Crippen LogP contribution in [0.25, 0.3) is 11.0 Å². The summed E-state index contributed by atoms with van der Waals surface area (Å²) in [5, 5.41) is 2.92. The number of aromatic nitrogens is 2. The summed E-state index contributed by atoms with van der Waals surface area (Å²) < 4.78 is 29.1. The molecule has 0 aliphatic carbocycles. The average Bonchev–Trinajstić information content (AvgIpc) is 3.12. The maximum absolute atomic E-state index is 12.8. The van der Waals surface area contributed by atoms with Crippen molar-refractivity contribution in [1.82, 2.24) is 13.9 Å². The van der Waals surface area contributed by atoms with Crippen LogP contribution in [0.4, 0.5) is 5.95 Å². The second-order valence-corrected chi connectivity index (χ2v) is 9.85. The first kappa shape index (κ1) is 21.5. The maximum Gasteiger partial charge on any atom is 0.243 e. The fourth-order valence-corrected chi connectivity index (χ4v) is 5.53. The molecule has 8 heteroatoms. The molecule has 1 N–H and O–H groups in total. The first-order valence-corrected chi connectivity index (χ1v) is 12.3. The smallest absolute Gasteiger partial charge is 0.243 e. The highest BCUT2D eigenvalue weighted by atomic mass is 32.2. The third kappa shape index (κ3) is 4.65. The van der Waals surface area contributed by atoms with Gasteiger partial charge in [0.2, 0.25) is 21.9 Å². The Balaban J connectivity index is 1.46. The first-order valence-electron chi connectivity index (χ1n) is 10.8. The van der Waals surface area contributed by atoms with Gasteiger partial charge >= 0.3 is 0 Å². The molecule has 0 saturated carbocycles. The number of benzene rings is 2. The Morgan fingerprint density at radius 2 is 1.74 bits per heavy atom. The van der Waals surface area contributed by atoms with Crippen LogP contribution < -0.4 is 5.32 Å². The molecule has 0 atom stereocenters. The van der Waals surface area contributed by atoms with Crippen LogP contribution in [0.2, 0.25) is 0 Å². The van der Waals surface area contributed by atoms with Gasteiger partial charge in [-0.2, -0.15) is 4.31 Å². The lowest BCUT2D eigenvalue weighted by atomic mass is 10.1. The lowest BCUT2D eigenvalue weighted by molar-refractivity contribution is -0.115. The van der Waals surface area contributed by atoms with Gasteiger partial charge in [0.25, 0.3) is 0 Å². The van der Waals surface area contributed by atoms with Gasteiger partial charge < -0.3 is 4.57 Å². The fraction of sp³-hybridized carbons (Fsp3) is 0.391. The molecule has 164 valence electrons. The summed E-state index contributed by atoms with van der Waals surface area (Å²) in [7, 11) is -3.46. The molecule has 1 saturated heterocycles. The zero-order chi connectivity index (χ0) is 21.8. The van der Waals surface area contributed by atoms with Crippen LogP contribution in [-0.2, 0) is 27.8 Å². The number of piperidine rings is 1. The van der Waals surface area contributed by atoms with Crippen molar-refractivity contribution >= 4 is 32.9 Å². The van der Waals surface area contributed by atoms with E-state index in [2.05, 4.69) is 17.2 Å². The topological polar surface area (TPSA) is 84.3 Å². The molecule has 2 heterocycles. The molecule has 0 radical (unpaired) electrons. The van der Waals surface area contributed by atoms with E-state index >= 15 is 0 Å². The highest BCUT2D eigenvalue weighted by Crippen LogP contribution is 2.22. The maximum atomic E-state index is 12.8. The standard InChI is InChI=1S/C23H28N4O3S/c1-2-14-27-21-9-5-4-8-20(21)24-23(27)25-22(28)17-18-10-12-19(13-11-18)31(29,30)26-15-6-3-7-16-26/h4-5,8-13H,2-3,6-7,14-17H2,1H3,(H,24,25,28). The van der Waals surface area contributed by atoms with Gasteiger partial charge in [-0.3, -0.25) is 10.1 Å². The number of anilines is 1. The van der Waals surface area contributed by atoms with Crippen molar-refractivity contribution in [3.05, 3.63) is 54.1 Å². The zero-order valence-electron chi connectivity index (χ0n) is 17.8. The van der Waals surface area contributed by atoms with Crippen molar-refractivity contribution < 1.29 is 13.2 Å². The van der Waals surface area contributed by atoms with Crippen molar-refractivity contribution in [2.24, 2.45) is 0 Å². The van der Waals surface area contributed by atoms with Crippen LogP contribution >= 0.6 is 0 Å². The first-order chi connectivity index (χ1) is 15.0. The minimum absolute atomic E-state index is 0.152. The van der Waals surface area contributed by atoms with Crippen LogP contribution in [0.3, 0.4) is 0 Å². The van der Waals surface area contributed by atoms with Gasteiger partial charge in [0, 0.05) is 19.6 Å². The van der Waals surface area contributed by atoms with Gasteiger partial charge in [-0.15, -0.1) is 0 Å². The molecule has 1 aromatic heterocycles. The number of rotatable bonds is 7. The van der Waals surface area contributed by atoms with Crippen molar-refractivity contribution in [1.29, 1.82) is 0 Å². The SMILES string of the molecule is CCCn1c(NC(=O)Cc2ccc(S(=O)(=O)N3CCCCC3)cc2)nc2ccccc21. The summed E-state index contributed by atoms with van der Waals surface area (Å²) >= 11 is 0. The van der Waals surface area contributed by atoms with E-state index in [4.69, 9.17) is 0 Å². The molecule has 1 aliphatic heterocycles. The fourth-order valence-electron chi connectivity index (χ4n) is 4.01.